The lowest BCUT2D eigenvalue weighted by atomic mass is 9.88. The van der Waals surface area contributed by atoms with Gasteiger partial charge in [0.25, 0.3) is 15.9 Å². The van der Waals surface area contributed by atoms with E-state index in [4.69, 9.17) is 0 Å². The Kier molecular flexibility index (Phi) is 6.79. The minimum absolute atomic E-state index is 0.0236. The number of halogens is 3. The summed E-state index contributed by atoms with van der Waals surface area (Å²) in [6.45, 7) is 8.99. The average Bonchev–Trinajstić information content (AvgIpc) is 2.87. The first kappa shape index (κ1) is 24.7. The maximum atomic E-state index is 13.1. The number of nitrogens with zero attached hydrogens (tertiary/aromatic N) is 2. The molecule has 1 aromatic heterocycles. The summed E-state index contributed by atoms with van der Waals surface area (Å²) in [5.41, 5.74) is 0.209. The first-order valence-corrected chi connectivity index (χ1v) is 11.0. The Hall–Kier alpha value is -2.56. The summed E-state index contributed by atoms with van der Waals surface area (Å²) >= 11 is 0. The summed E-state index contributed by atoms with van der Waals surface area (Å²) in [5.74, 6) is -1.25. The molecule has 0 spiro atoms. The van der Waals surface area contributed by atoms with Crippen LogP contribution in [-0.2, 0) is 16.6 Å². The van der Waals surface area contributed by atoms with Crippen molar-refractivity contribution in [1.82, 2.24) is 15.1 Å². The van der Waals surface area contributed by atoms with Gasteiger partial charge in [-0.3, -0.25) is 9.52 Å². The van der Waals surface area contributed by atoms with Gasteiger partial charge < -0.3 is 5.32 Å². The van der Waals surface area contributed by atoms with Crippen LogP contribution in [0.2, 0.25) is 0 Å². The molecule has 2 N–H and O–H groups in total. The molecule has 1 aromatic carbocycles. The normalized spacial score (nSPS) is 13.7. The summed E-state index contributed by atoms with van der Waals surface area (Å²) < 4.78 is 67.5. The van der Waals surface area contributed by atoms with Crippen LogP contribution < -0.4 is 10.0 Å². The number of aromatic nitrogens is 2. The van der Waals surface area contributed by atoms with E-state index in [-0.39, 0.29) is 27.6 Å². The fourth-order valence-electron chi connectivity index (χ4n) is 2.63. The van der Waals surface area contributed by atoms with Crippen molar-refractivity contribution in [2.75, 3.05) is 4.72 Å². The van der Waals surface area contributed by atoms with Gasteiger partial charge in [0.05, 0.1) is 10.6 Å². The number of carbonyl (C=O) groups excluding carboxylic acids is 1. The molecule has 31 heavy (non-hydrogen) atoms. The minimum Gasteiger partial charge on any atom is -0.349 e. The fraction of sp³-hybridized carbons (Fsp3) is 0.500. The first-order valence-electron chi connectivity index (χ1n) is 9.56. The van der Waals surface area contributed by atoms with Gasteiger partial charge in [0.1, 0.15) is 12.1 Å². The predicted octanol–water partition coefficient (Wildman–Crippen LogP) is 4.03. The first-order chi connectivity index (χ1) is 14.0. The smallest absolute Gasteiger partial charge is 0.349 e. The zero-order valence-electron chi connectivity index (χ0n) is 18.3. The maximum Gasteiger partial charge on any atom is 0.408 e. The molecule has 1 atom stereocenters. The molecule has 1 heterocycles. The second-order valence-corrected chi connectivity index (χ2v) is 10.2. The van der Waals surface area contributed by atoms with E-state index in [1.54, 1.807) is 26.0 Å². The van der Waals surface area contributed by atoms with Crippen molar-refractivity contribution < 1.29 is 26.4 Å². The summed E-state index contributed by atoms with van der Waals surface area (Å²) in [7, 11) is -4.27. The standard InChI is InChI=1S/C20H27F3N4O3S/c1-12-7-9-15(10-8-12)31(29,30)26-17-16(18(28)24-14(3)19(4,5)6)13(2)25-27(17)11-20(21,22)23/h7-10,14,26H,11H2,1-6H3,(H,24,28)/t14-/m0/s1. The molecule has 0 unspecified atom stereocenters. The molecule has 0 aliphatic carbocycles. The van der Waals surface area contributed by atoms with E-state index in [9.17, 15) is 26.4 Å². The van der Waals surface area contributed by atoms with Gasteiger partial charge in [-0.1, -0.05) is 38.5 Å². The minimum atomic E-state index is -4.67. The van der Waals surface area contributed by atoms with Gasteiger partial charge in [-0.2, -0.15) is 18.3 Å². The van der Waals surface area contributed by atoms with Crippen LogP contribution in [0.1, 0.15) is 49.3 Å². The second kappa shape index (κ2) is 8.52. The van der Waals surface area contributed by atoms with Gasteiger partial charge in [0, 0.05) is 6.04 Å². The van der Waals surface area contributed by atoms with Crippen molar-refractivity contribution >= 4 is 21.7 Å². The second-order valence-electron chi connectivity index (χ2n) is 8.56. The molecule has 172 valence electrons. The lowest BCUT2D eigenvalue weighted by molar-refractivity contribution is -0.142. The lowest BCUT2D eigenvalue weighted by Crippen LogP contribution is -2.41. The summed E-state index contributed by atoms with van der Waals surface area (Å²) in [6.07, 6.45) is -4.67. The van der Waals surface area contributed by atoms with Crippen molar-refractivity contribution in [1.29, 1.82) is 0 Å². The Balaban J connectivity index is 2.54. The molecule has 7 nitrogen and oxygen atoms in total. The number of amides is 1. The number of hydrogen-bond acceptors (Lipinski definition) is 4. The quantitative estimate of drug-likeness (QED) is 0.681. The van der Waals surface area contributed by atoms with E-state index in [1.807, 2.05) is 20.8 Å². The van der Waals surface area contributed by atoms with Gasteiger partial charge >= 0.3 is 6.18 Å². The van der Waals surface area contributed by atoms with Gasteiger partial charge in [0.2, 0.25) is 0 Å². The zero-order valence-corrected chi connectivity index (χ0v) is 19.1. The summed E-state index contributed by atoms with van der Waals surface area (Å²) in [4.78, 5) is 12.8. The van der Waals surface area contributed by atoms with Crippen LogP contribution >= 0.6 is 0 Å². The summed E-state index contributed by atoms with van der Waals surface area (Å²) in [6, 6.07) is 5.44. The van der Waals surface area contributed by atoms with Crippen molar-refractivity contribution in [3.63, 3.8) is 0 Å². The molecule has 0 bridgehead atoms. The van der Waals surface area contributed by atoms with Crippen molar-refractivity contribution in [3.8, 4) is 0 Å². The third-order valence-corrected chi connectivity index (χ3v) is 6.25. The number of nitrogens with one attached hydrogen (secondary N) is 2. The van der Waals surface area contributed by atoms with Crippen LogP contribution in [0.3, 0.4) is 0 Å². The van der Waals surface area contributed by atoms with E-state index < -0.39 is 34.5 Å². The van der Waals surface area contributed by atoms with Gasteiger partial charge in [0.15, 0.2) is 5.82 Å². The highest BCUT2D eigenvalue weighted by atomic mass is 32.2. The van der Waals surface area contributed by atoms with Crippen molar-refractivity contribution in [2.45, 2.75) is 65.2 Å². The molecule has 11 heteroatoms. The van der Waals surface area contributed by atoms with Gasteiger partial charge in [-0.15, -0.1) is 0 Å². The maximum absolute atomic E-state index is 13.1. The van der Waals surface area contributed by atoms with Crippen LogP contribution in [0, 0.1) is 19.3 Å². The summed E-state index contributed by atoms with van der Waals surface area (Å²) in [5, 5.41) is 6.51. The monoisotopic (exact) mass is 460 g/mol. The number of aryl methyl sites for hydroxylation is 2. The molecule has 0 aliphatic rings. The van der Waals surface area contributed by atoms with Crippen LogP contribution in [0.5, 0.6) is 0 Å². The Morgan fingerprint density at radius 3 is 2.16 bits per heavy atom. The lowest BCUT2D eigenvalue weighted by Gasteiger charge is -2.28. The van der Waals surface area contributed by atoms with Gasteiger partial charge in [-0.25, -0.2) is 13.1 Å². The average molecular weight is 461 g/mol. The molecule has 2 rings (SSSR count). The highest BCUT2D eigenvalue weighted by Crippen LogP contribution is 2.28. The predicted molar refractivity (Wildman–Crippen MR) is 111 cm³/mol. The van der Waals surface area contributed by atoms with Crippen molar-refractivity contribution in [2.24, 2.45) is 5.41 Å². The Morgan fingerprint density at radius 2 is 1.68 bits per heavy atom. The van der Waals surface area contributed by atoms with Gasteiger partial charge in [-0.05, 0) is 38.3 Å². The van der Waals surface area contributed by atoms with E-state index >= 15 is 0 Å². The largest absolute Gasteiger partial charge is 0.408 e. The highest BCUT2D eigenvalue weighted by molar-refractivity contribution is 7.92. The zero-order chi connectivity index (χ0) is 23.8. The number of hydrogen-bond donors (Lipinski definition) is 2. The Labute approximate surface area is 180 Å². The molecule has 0 saturated heterocycles. The Bertz CT molecular complexity index is 1050. The number of sulfonamides is 1. The van der Waals surface area contributed by atoms with Crippen LogP contribution in [0.4, 0.5) is 19.0 Å². The SMILES string of the molecule is Cc1ccc(S(=O)(=O)Nc2c(C(=O)N[C@@H](C)C(C)(C)C)c(C)nn2CC(F)(F)F)cc1. The molecular weight excluding hydrogens is 433 g/mol. The third kappa shape index (κ3) is 6.22. The Morgan fingerprint density at radius 1 is 1.13 bits per heavy atom. The number of carbonyl (C=O) groups is 1. The fourth-order valence-corrected chi connectivity index (χ4v) is 3.70. The molecular formula is C20H27F3N4O3S. The molecule has 0 fully saturated rings. The van der Waals surface area contributed by atoms with E-state index in [1.165, 1.54) is 19.1 Å². The van der Waals surface area contributed by atoms with Crippen LogP contribution in [0.25, 0.3) is 0 Å². The number of anilines is 1. The van der Waals surface area contributed by atoms with E-state index in [2.05, 4.69) is 15.1 Å². The number of alkyl halides is 3. The highest BCUT2D eigenvalue weighted by Gasteiger charge is 2.34. The van der Waals surface area contributed by atoms with Crippen LogP contribution in [0.15, 0.2) is 29.2 Å². The van der Waals surface area contributed by atoms with E-state index in [0.717, 1.165) is 5.56 Å². The molecule has 0 saturated carbocycles. The van der Waals surface area contributed by atoms with Crippen LogP contribution in [-0.4, -0.2) is 36.3 Å². The molecule has 1 amide bonds. The molecule has 0 aliphatic heterocycles. The van der Waals surface area contributed by atoms with E-state index in [0.29, 0.717) is 4.68 Å². The van der Waals surface area contributed by atoms with Crippen molar-refractivity contribution in [3.05, 3.63) is 41.1 Å². The number of benzene rings is 1. The number of rotatable bonds is 6. The third-order valence-electron chi connectivity index (χ3n) is 4.89. The molecule has 0 radical (unpaired) electrons. The molecule has 2 aromatic rings. The topological polar surface area (TPSA) is 93.1 Å².